The summed E-state index contributed by atoms with van der Waals surface area (Å²) < 4.78 is 0. The Morgan fingerprint density at radius 1 is 0.465 bits per heavy atom. The molecule has 1 amide bonds. The Balaban J connectivity index is 3.61. The van der Waals surface area contributed by atoms with E-state index in [4.69, 9.17) is 0 Å². The van der Waals surface area contributed by atoms with Crippen LogP contribution in [0.15, 0.2) is 0 Å². The number of hydrogen-bond donors (Lipinski definition) is 4. The Kier molecular flexibility index (Phi) is 33.7. The maximum atomic E-state index is 12.4. The molecule has 0 aliphatic rings. The van der Waals surface area contributed by atoms with Gasteiger partial charge >= 0.3 is 0 Å². The average Bonchev–Trinajstić information content (AvgIpc) is 3.01. The minimum Gasteiger partial charge on any atom is -0.394 e. The summed E-state index contributed by atoms with van der Waals surface area (Å²) in [6.07, 6.45) is 36.6. The largest absolute Gasteiger partial charge is 0.394 e. The maximum Gasteiger partial charge on any atom is 0.249 e. The molecule has 0 aromatic heterocycles. The molecule has 5 nitrogen and oxygen atoms in total. The lowest BCUT2D eigenvalue weighted by atomic mass is 10.0. The minimum atomic E-state index is -1.07. The van der Waals surface area contributed by atoms with Crippen LogP contribution in [-0.2, 0) is 4.79 Å². The van der Waals surface area contributed by atoms with Crippen LogP contribution < -0.4 is 5.32 Å². The summed E-state index contributed by atoms with van der Waals surface area (Å²) in [7, 11) is 0. The Morgan fingerprint density at radius 2 is 0.744 bits per heavy atom. The van der Waals surface area contributed by atoms with Gasteiger partial charge in [0, 0.05) is 0 Å². The molecule has 0 aliphatic heterocycles. The van der Waals surface area contributed by atoms with Gasteiger partial charge < -0.3 is 20.6 Å². The summed E-state index contributed by atoms with van der Waals surface area (Å²) in [6, 6.07) is -0.703. The first-order valence-electron chi connectivity index (χ1n) is 19.3. The second-order valence-corrected chi connectivity index (χ2v) is 13.5. The highest BCUT2D eigenvalue weighted by molar-refractivity contribution is 5.80. The van der Waals surface area contributed by atoms with E-state index in [1.807, 2.05) is 0 Å². The molecule has 5 heteroatoms. The molecule has 3 unspecified atom stereocenters. The van der Waals surface area contributed by atoms with Gasteiger partial charge in [-0.3, -0.25) is 4.79 Å². The molecule has 4 N–H and O–H groups in total. The van der Waals surface area contributed by atoms with E-state index in [2.05, 4.69) is 19.2 Å². The topological polar surface area (TPSA) is 89.8 Å². The van der Waals surface area contributed by atoms with Gasteiger partial charge in [0.05, 0.1) is 18.8 Å². The molecule has 0 heterocycles. The van der Waals surface area contributed by atoms with Crippen LogP contribution >= 0.6 is 0 Å². The normalized spacial score (nSPS) is 13.7. The molecular formula is C38H77NO4. The molecule has 0 bridgehead atoms. The van der Waals surface area contributed by atoms with Crippen molar-refractivity contribution in [1.82, 2.24) is 5.32 Å². The lowest BCUT2D eigenvalue weighted by Crippen LogP contribution is -2.49. The molecule has 0 fully saturated rings. The second-order valence-electron chi connectivity index (χ2n) is 13.5. The number of carbonyl (C=O) groups excluding carboxylic acids is 1. The van der Waals surface area contributed by atoms with Crippen LogP contribution in [0.3, 0.4) is 0 Å². The van der Waals surface area contributed by atoms with Gasteiger partial charge in [-0.2, -0.15) is 0 Å². The number of aliphatic hydroxyl groups excluding tert-OH is 3. The number of amides is 1. The molecule has 3 atom stereocenters. The van der Waals surface area contributed by atoms with E-state index in [1.165, 1.54) is 154 Å². The van der Waals surface area contributed by atoms with E-state index < -0.39 is 24.2 Å². The van der Waals surface area contributed by atoms with Crippen molar-refractivity contribution in [2.45, 2.75) is 231 Å². The fourth-order valence-electron chi connectivity index (χ4n) is 6.13. The first kappa shape index (κ1) is 42.3. The summed E-state index contributed by atoms with van der Waals surface area (Å²) >= 11 is 0. The van der Waals surface area contributed by atoms with Crippen molar-refractivity contribution < 1.29 is 20.1 Å². The van der Waals surface area contributed by atoms with Crippen molar-refractivity contribution in [3.63, 3.8) is 0 Å². The molecule has 258 valence electrons. The van der Waals surface area contributed by atoms with Gasteiger partial charge in [0.15, 0.2) is 0 Å². The van der Waals surface area contributed by atoms with Gasteiger partial charge in [-0.15, -0.1) is 0 Å². The molecule has 0 aliphatic carbocycles. The van der Waals surface area contributed by atoms with Crippen molar-refractivity contribution >= 4 is 5.91 Å². The SMILES string of the molecule is CCCCCCCCCCCCCCCCCCCCC(O)C(=O)NC(CO)C(O)CCCCCCCCCCCCC. The lowest BCUT2D eigenvalue weighted by Gasteiger charge is -2.23. The van der Waals surface area contributed by atoms with E-state index in [9.17, 15) is 20.1 Å². The monoisotopic (exact) mass is 612 g/mol. The van der Waals surface area contributed by atoms with Gasteiger partial charge in [0.25, 0.3) is 0 Å². The van der Waals surface area contributed by atoms with Crippen LogP contribution in [0, 0.1) is 0 Å². The van der Waals surface area contributed by atoms with E-state index in [-0.39, 0.29) is 6.61 Å². The van der Waals surface area contributed by atoms with E-state index >= 15 is 0 Å². The number of nitrogens with one attached hydrogen (secondary N) is 1. The standard InChI is InChI=1S/C38H77NO4/c1-3-5-7-9-11-13-15-16-17-18-19-20-21-23-25-27-29-31-33-37(42)38(43)39-35(34-40)36(41)32-30-28-26-24-22-14-12-10-8-6-4-2/h35-37,40-42H,3-34H2,1-2H3,(H,39,43). The molecule has 0 saturated carbocycles. The van der Waals surface area contributed by atoms with Crippen LogP contribution in [0.25, 0.3) is 0 Å². The highest BCUT2D eigenvalue weighted by Crippen LogP contribution is 2.16. The summed E-state index contributed by atoms with van der Waals surface area (Å²) in [5.41, 5.74) is 0. The third kappa shape index (κ3) is 29.8. The quantitative estimate of drug-likeness (QED) is 0.0537. The number of unbranched alkanes of at least 4 members (excludes halogenated alkanes) is 27. The zero-order valence-corrected chi connectivity index (χ0v) is 29.1. The summed E-state index contributed by atoms with van der Waals surface area (Å²) in [5.74, 6) is -0.469. The van der Waals surface area contributed by atoms with Gasteiger partial charge in [-0.1, -0.05) is 200 Å². The molecule has 0 rings (SSSR count). The highest BCUT2D eigenvalue weighted by Gasteiger charge is 2.23. The highest BCUT2D eigenvalue weighted by atomic mass is 16.3. The van der Waals surface area contributed by atoms with Crippen molar-refractivity contribution in [2.75, 3.05) is 6.61 Å². The molecule has 0 spiro atoms. The van der Waals surface area contributed by atoms with Crippen molar-refractivity contribution in [1.29, 1.82) is 0 Å². The molecule has 0 radical (unpaired) electrons. The smallest absolute Gasteiger partial charge is 0.249 e. The number of aliphatic hydroxyl groups is 3. The Morgan fingerprint density at radius 3 is 1.05 bits per heavy atom. The summed E-state index contributed by atoms with van der Waals surface area (Å²) in [5, 5.41) is 33.1. The van der Waals surface area contributed by atoms with Gasteiger partial charge in [-0.25, -0.2) is 0 Å². The number of hydrogen-bond acceptors (Lipinski definition) is 4. The lowest BCUT2D eigenvalue weighted by molar-refractivity contribution is -0.131. The molecular weight excluding hydrogens is 534 g/mol. The Bertz CT molecular complexity index is 558. The second kappa shape index (κ2) is 34.2. The van der Waals surface area contributed by atoms with Gasteiger partial charge in [0.1, 0.15) is 6.10 Å². The summed E-state index contributed by atoms with van der Waals surface area (Å²) in [4.78, 5) is 12.4. The maximum absolute atomic E-state index is 12.4. The van der Waals surface area contributed by atoms with E-state index in [0.717, 1.165) is 32.1 Å². The first-order valence-corrected chi connectivity index (χ1v) is 19.3. The third-order valence-electron chi connectivity index (χ3n) is 9.23. The average molecular weight is 612 g/mol. The minimum absolute atomic E-state index is 0.309. The fraction of sp³-hybridized carbons (Fsp3) is 0.974. The van der Waals surface area contributed by atoms with Crippen molar-refractivity contribution in [3.05, 3.63) is 0 Å². The van der Waals surface area contributed by atoms with Crippen LogP contribution in [0.5, 0.6) is 0 Å². The van der Waals surface area contributed by atoms with Crippen LogP contribution in [0.2, 0.25) is 0 Å². The van der Waals surface area contributed by atoms with Gasteiger partial charge in [0.2, 0.25) is 5.91 Å². The Hall–Kier alpha value is -0.650. The number of carbonyl (C=O) groups is 1. The predicted octanol–water partition coefficient (Wildman–Crippen LogP) is 10.3. The number of rotatable bonds is 35. The molecule has 43 heavy (non-hydrogen) atoms. The third-order valence-corrected chi connectivity index (χ3v) is 9.23. The fourth-order valence-corrected chi connectivity index (χ4v) is 6.13. The predicted molar refractivity (Wildman–Crippen MR) is 186 cm³/mol. The van der Waals surface area contributed by atoms with E-state index in [1.54, 1.807) is 0 Å². The van der Waals surface area contributed by atoms with Crippen molar-refractivity contribution in [2.24, 2.45) is 0 Å². The van der Waals surface area contributed by atoms with E-state index in [0.29, 0.717) is 12.8 Å². The molecule has 0 aromatic rings. The van der Waals surface area contributed by atoms with Crippen LogP contribution in [0.1, 0.15) is 213 Å². The van der Waals surface area contributed by atoms with Crippen molar-refractivity contribution in [3.8, 4) is 0 Å². The Labute approximate surface area is 268 Å². The molecule has 0 aromatic carbocycles. The van der Waals surface area contributed by atoms with Crippen LogP contribution in [-0.4, -0.2) is 46.1 Å². The summed E-state index contributed by atoms with van der Waals surface area (Å²) in [6.45, 7) is 4.22. The zero-order valence-electron chi connectivity index (χ0n) is 29.1. The van der Waals surface area contributed by atoms with Gasteiger partial charge in [-0.05, 0) is 12.8 Å². The molecule has 0 saturated heterocycles. The zero-order chi connectivity index (χ0) is 31.6. The first-order chi connectivity index (χ1) is 21.1. The van der Waals surface area contributed by atoms with Crippen LogP contribution in [0.4, 0.5) is 0 Å².